The summed E-state index contributed by atoms with van der Waals surface area (Å²) < 4.78 is 10.2. The minimum Gasteiger partial charge on any atom is -0.467 e. The van der Waals surface area contributed by atoms with Crippen LogP contribution in [0.5, 0.6) is 12.0 Å². The van der Waals surface area contributed by atoms with Crippen LogP contribution >= 0.6 is 0 Å². The number of pyridine rings is 1. The van der Waals surface area contributed by atoms with E-state index in [-0.39, 0.29) is 12.0 Å². The van der Waals surface area contributed by atoms with Crippen LogP contribution in [0, 0.1) is 0 Å². The molecular weight excluding hydrogens is 284 g/mol. The SMILES string of the molecule is COc1nc(OC)nc(N2CCN(c3ccccn3)CC2)n1. The van der Waals surface area contributed by atoms with Gasteiger partial charge in [-0.05, 0) is 12.1 Å². The summed E-state index contributed by atoms with van der Waals surface area (Å²) in [6.45, 7) is 3.31. The highest BCUT2D eigenvalue weighted by molar-refractivity contribution is 5.42. The highest BCUT2D eigenvalue weighted by atomic mass is 16.5. The molecule has 0 aromatic carbocycles. The largest absolute Gasteiger partial charge is 0.467 e. The van der Waals surface area contributed by atoms with Gasteiger partial charge in [-0.3, -0.25) is 0 Å². The van der Waals surface area contributed by atoms with E-state index in [2.05, 4.69) is 29.7 Å². The maximum Gasteiger partial charge on any atom is 0.324 e. The summed E-state index contributed by atoms with van der Waals surface area (Å²) in [6, 6.07) is 6.45. The molecule has 3 heterocycles. The third-order valence-corrected chi connectivity index (χ3v) is 3.48. The maximum atomic E-state index is 5.09. The molecule has 0 radical (unpaired) electrons. The van der Waals surface area contributed by atoms with Gasteiger partial charge < -0.3 is 19.3 Å². The second kappa shape index (κ2) is 6.42. The Hall–Kier alpha value is -2.64. The van der Waals surface area contributed by atoms with E-state index >= 15 is 0 Å². The van der Waals surface area contributed by atoms with Crippen molar-refractivity contribution >= 4 is 11.8 Å². The number of hydrogen-bond acceptors (Lipinski definition) is 8. The van der Waals surface area contributed by atoms with Crippen molar-refractivity contribution < 1.29 is 9.47 Å². The molecule has 0 spiro atoms. The zero-order chi connectivity index (χ0) is 15.4. The molecule has 0 saturated carbocycles. The number of anilines is 2. The van der Waals surface area contributed by atoms with Crippen LogP contribution in [-0.4, -0.2) is 60.3 Å². The van der Waals surface area contributed by atoms with Crippen LogP contribution in [0.4, 0.5) is 11.8 Å². The summed E-state index contributed by atoms with van der Waals surface area (Å²) in [5.74, 6) is 1.57. The zero-order valence-corrected chi connectivity index (χ0v) is 12.6. The Labute approximate surface area is 128 Å². The molecule has 3 rings (SSSR count). The summed E-state index contributed by atoms with van der Waals surface area (Å²) in [5, 5.41) is 0. The lowest BCUT2D eigenvalue weighted by Crippen LogP contribution is -2.47. The van der Waals surface area contributed by atoms with E-state index in [4.69, 9.17) is 9.47 Å². The van der Waals surface area contributed by atoms with Crippen LogP contribution in [0.15, 0.2) is 24.4 Å². The number of hydrogen-bond donors (Lipinski definition) is 0. The minimum absolute atomic E-state index is 0.258. The normalized spacial score (nSPS) is 14.8. The molecule has 0 N–H and O–H groups in total. The fourth-order valence-electron chi connectivity index (χ4n) is 2.33. The molecule has 0 aliphatic carbocycles. The fourth-order valence-corrected chi connectivity index (χ4v) is 2.33. The molecule has 2 aromatic rings. The number of nitrogens with zero attached hydrogens (tertiary/aromatic N) is 6. The quantitative estimate of drug-likeness (QED) is 0.813. The summed E-state index contributed by atoms with van der Waals surface area (Å²) in [6.07, 6.45) is 1.81. The molecule has 0 unspecified atom stereocenters. The Kier molecular flexibility index (Phi) is 4.17. The molecule has 8 heteroatoms. The Morgan fingerprint density at radius 1 is 0.864 bits per heavy atom. The van der Waals surface area contributed by atoms with Gasteiger partial charge in [0.25, 0.3) is 0 Å². The number of methoxy groups -OCH3 is 2. The Morgan fingerprint density at radius 2 is 1.50 bits per heavy atom. The lowest BCUT2D eigenvalue weighted by molar-refractivity contribution is 0.339. The van der Waals surface area contributed by atoms with Crippen molar-refractivity contribution in [3.05, 3.63) is 24.4 Å². The molecule has 0 bridgehead atoms. The predicted octanol–water partition coefficient (Wildman–Crippen LogP) is 0.610. The predicted molar refractivity (Wildman–Crippen MR) is 81.6 cm³/mol. The first-order valence-corrected chi connectivity index (χ1v) is 7.05. The van der Waals surface area contributed by atoms with Gasteiger partial charge >= 0.3 is 12.0 Å². The Balaban J connectivity index is 1.71. The van der Waals surface area contributed by atoms with Crippen molar-refractivity contribution in [2.75, 3.05) is 50.2 Å². The van der Waals surface area contributed by atoms with Crippen molar-refractivity contribution in [1.29, 1.82) is 0 Å². The summed E-state index contributed by atoms with van der Waals surface area (Å²) in [4.78, 5) is 21.3. The van der Waals surface area contributed by atoms with Crippen molar-refractivity contribution in [3.63, 3.8) is 0 Å². The third-order valence-electron chi connectivity index (χ3n) is 3.48. The van der Waals surface area contributed by atoms with E-state index in [1.54, 1.807) is 0 Å². The smallest absolute Gasteiger partial charge is 0.324 e. The summed E-state index contributed by atoms with van der Waals surface area (Å²) >= 11 is 0. The molecule has 1 saturated heterocycles. The van der Waals surface area contributed by atoms with E-state index in [0.717, 1.165) is 32.0 Å². The second-order valence-corrected chi connectivity index (χ2v) is 4.77. The van der Waals surface area contributed by atoms with Gasteiger partial charge in [0, 0.05) is 32.4 Å². The van der Waals surface area contributed by atoms with Crippen LogP contribution in [0.2, 0.25) is 0 Å². The maximum absolute atomic E-state index is 5.09. The fraction of sp³-hybridized carbons (Fsp3) is 0.429. The van der Waals surface area contributed by atoms with Gasteiger partial charge in [0.2, 0.25) is 5.95 Å². The standard InChI is InChI=1S/C14H18N6O2/c1-21-13-16-12(17-14(18-13)22-2)20-9-7-19(8-10-20)11-5-3-4-6-15-11/h3-6H,7-10H2,1-2H3. The van der Waals surface area contributed by atoms with Crippen LogP contribution in [0.3, 0.4) is 0 Å². The van der Waals surface area contributed by atoms with Crippen LogP contribution < -0.4 is 19.3 Å². The van der Waals surface area contributed by atoms with Gasteiger partial charge in [-0.1, -0.05) is 6.07 Å². The van der Waals surface area contributed by atoms with E-state index < -0.39 is 0 Å². The second-order valence-electron chi connectivity index (χ2n) is 4.77. The molecule has 0 atom stereocenters. The lowest BCUT2D eigenvalue weighted by Gasteiger charge is -2.35. The molecular formula is C14H18N6O2. The number of ether oxygens (including phenoxy) is 2. The van der Waals surface area contributed by atoms with Gasteiger partial charge in [0.15, 0.2) is 0 Å². The van der Waals surface area contributed by atoms with Gasteiger partial charge in [-0.15, -0.1) is 4.98 Å². The molecule has 0 amide bonds. The van der Waals surface area contributed by atoms with Crippen LogP contribution in [0.1, 0.15) is 0 Å². The van der Waals surface area contributed by atoms with Gasteiger partial charge in [0.1, 0.15) is 5.82 Å². The van der Waals surface area contributed by atoms with E-state index in [1.165, 1.54) is 14.2 Å². The van der Waals surface area contributed by atoms with E-state index in [1.807, 2.05) is 24.4 Å². The van der Waals surface area contributed by atoms with Crippen LogP contribution in [-0.2, 0) is 0 Å². The summed E-state index contributed by atoms with van der Waals surface area (Å²) in [7, 11) is 3.05. The molecule has 116 valence electrons. The van der Waals surface area contributed by atoms with Gasteiger partial charge in [-0.25, -0.2) is 4.98 Å². The topological polar surface area (TPSA) is 76.5 Å². The third kappa shape index (κ3) is 3.00. The lowest BCUT2D eigenvalue weighted by atomic mass is 10.3. The average Bonchev–Trinajstić information content (AvgIpc) is 2.62. The minimum atomic E-state index is 0.258. The van der Waals surface area contributed by atoms with E-state index in [0.29, 0.717) is 5.95 Å². The summed E-state index contributed by atoms with van der Waals surface area (Å²) in [5.41, 5.74) is 0. The van der Waals surface area contributed by atoms with Crippen molar-refractivity contribution in [2.24, 2.45) is 0 Å². The molecule has 1 aliphatic rings. The van der Waals surface area contributed by atoms with Crippen molar-refractivity contribution in [2.45, 2.75) is 0 Å². The van der Waals surface area contributed by atoms with Gasteiger partial charge in [0.05, 0.1) is 14.2 Å². The molecule has 8 nitrogen and oxygen atoms in total. The molecule has 1 fully saturated rings. The highest BCUT2D eigenvalue weighted by Gasteiger charge is 2.21. The first-order valence-electron chi connectivity index (χ1n) is 7.05. The zero-order valence-electron chi connectivity index (χ0n) is 12.6. The molecule has 22 heavy (non-hydrogen) atoms. The molecule has 1 aliphatic heterocycles. The van der Waals surface area contributed by atoms with Gasteiger partial charge in [-0.2, -0.15) is 9.97 Å². The Morgan fingerprint density at radius 3 is 2.05 bits per heavy atom. The number of piperazine rings is 1. The highest BCUT2D eigenvalue weighted by Crippen LogP contribution is 2.19. The van der Waals surface area contributed by atoms with Crippen molar-refractivity contribution in [3.8, 4) is 12.0 Å². The monoisotopic (exact) mass is 302 g/mol. The average molecular weight is 302 g/mol. The van der Waals surface area contributed by atoms with Crippen molar-refractivity contribution in [1.82, 2.24) is 19.9 Å². The first-order chi connectivity index (χ1) is 10.8. The molecule has 2 aromatic heterocycles. The number of aromatic nitrogens is 4. The number of rotatable bonds is 4. The Bertz CT molecular complexity index is 594. The van der Waals surface area contributed by atoms with Crippen LogP contribution in [0.25, 0.3) is 0 Å². The van der Waals surface area contributed by atoms with E-state index in [9.17, 15) is 0 Å². The first kappa shape index (κ1) is 14.3.